The molecule has 0 unspecified atom stereocenters. The van der Waals surface area contributed by atoms with Crippen LogP contribution >= 0.6 is 11.8 Å². The van der Waals surface area contributed by atoms with Gasteiger partial charge in [0.05, 0.1) is 0 Å². The highest BCUT2D eigenvalue weighted by Crippen LogP contribution is 2.31. The number of hydrogen-bond donors (Lipinski definition) is 0. The molecule has 6 heteroatoms. The lowest BCUT2D eigenvalue weighted by Crippen LogP contribution is -2.13. The maximum atomic E-state index is 12.2. The van der Waals surface area contributed by atoms with Gasteiger partial charge in [-0.1, -0.05) is 11.8 Å². The Morgan fingerprint density at radius 3 is 2.43 bits per heavy atom. The summed E-state index contributed by atoms with van der Waals surface area (Å²) >= 11 is 0.973. The number of alkyl halides is 3. The van der Waals surface area contributed by atoms with E-state index in [1.165, 1.54) is 6.92 Å². The van der Waals surface area contributed by atoms with Crippen molar-refractivity contribution in [3.8, 4) is 0 Å². The first kappa shape index (κ1) is 11.2. The normalized spacial score (nSPS) is 11.8. The third kappa shape index (κ3) is 2.12. The van der Waals surface area contributed by atoms with Crippen LogP contribution in [0.1, 0.15) is 11.3 Å². The van der Waals surface area contributed by atoms with Gasteiger partial charge in [-0.15, -0.1) is 0 Å². The minimum Gasteiger partial charge on any atom is -0.445 e. The fourth-order valence-corrected chi connectivity index (χ4v) is 1.45. The van der Waals surface area contributed by atoms with Gasteiger partial charge in [-0.25, -0.2) is 0 Å². The lowest BCUT2D eigenvalue weighted by atomic mass is 10.3. The highest BCUT2D eigenvalue weighted by atomic mass is 32.2. The van der Waals surface area contributed by atoms with Crippen LogP contribution in [0.3, 0.4) is 0 Å². The Morgan fingerprint density at radius 1 is 1.43 bits per heavy atom. The summed E-state index contributed by atoms with van der Waals surface area (Å²) < 4.78 is 41.1. The van der Waals surface area contributed by atoms with E-state index < -0.39 is 17.4 Å². The molecule has 0 radical (unpaired) electrons. The highest BCUT2D eigenvalue weighted by molar-refractivity contribution is 7.98. The molecule has 0 aliphatic carbocycles. The van der Waals surface area contributed by atoms with Crippen LogP contribution in [0.2, 0.25) is 0 Å². The summed E-state index contributed by atoms with van der Waals surface area (Å²) in [5.41, 5.74) is -0.460. The zero-order chi connectivity index (χ0) is 10.9. The molecule has 78 valence electrons. The lowest BCUT2D eigenvalue weighted by molar-refractivity contribution is -0.155. The zero-order valence-electron chi connectivity index (χ0n) is 7.44. The van der Waals surface area contributed by atoms with Crippen LogP contribution in [-0.2, 0) is 6.18 Å². The molecule has 0 aliphatic heterocycles. The van der Waals surface area contributed by atoms with E-state index in [2.05, 4.69) is 4.42 Å². The molecule has 1 aromatic heterocycles. The van der Waals surface area contributed by atoms with Gasteiger partial charge in [0.2, 0.25) is 5.76 Å². The van der Waals surface area contributed by atoms with E-state index in [1.807, 2.05) is 0 Å². The maximum absolute atomic E-state index is 12.2. The molecule has 0 aromatic carbocycles. The van der Waals surface area contributed by atoms with E-state index in [9.17, 15) is 18.0 Å². The molecule has 0 amide bonds. The molecule has 0 N–H and O–H groups in total. The second-order valence-electron chi connectivity index (χ2n) is 2.59. The summed E-state index contributed by atoms with van der Waals surface area (Å²) in [5, 5.41) is 0.00447. The fourth-order valence-electron chi connectivity index (χ4n) is 0.868. The summed E-state index contributed by atoms with van der Waals surface area (Å²) in [6.45, 7) is 1.43. The summed E-state index contributed by atoms with van der Waals surface area (Å²) in [4.78, 5) is 11.1. The van der Waals surface area contributed by atoms with Crippen LogP contribution in [-0.4, -0.2) is 6.26 Å². The molecule has 1 aromatic rings. The Kier molecular flexibility index (Phi) is 2.94. The molecule has 1 heterocycles. The van der Waals surface area contributed by atoms with E-state index in [1.54, 1.807) is 6.26 Å². The van der Waals surface area contributed by atoms with Gasteiger partial charge in [-0.3, -0.25) is 4.79 Å². The second kappa shape index (κ2) is 3.68. The molecule has 0 aliphatic rings. The van der Waals surface area contributed by atoms with Crippen molar-refractivity contribution >= 4 is 11.8 Å². The average molecular weight is 224 g/mol. The van der Waals surface area contributed by atoms with Crippen LogP contribution in [0.4, 0.5) is 13.2 Å². The molecule has 2 nitrogen and oxygen atoms in total. The van der Waals surface area contributed by atoms with Crippen LogP contribution in [0.15, 0.2) is 20.4 Å². The predicted octanol–water partition coefficient (Wildman–Crippen LogP) is 2.69. The SMILES string of the molecule is CSc1oc(C(F)(F)F)cc(=O)c1C. The second-order valence-corrected chi connectivity index (χ2v) is 3.37. The van der Waals surface area contributed by atoms with Crippen LogP contribution < -0.4 is 5.43 Å². The highest BCUT2D eigenvalue weighted by Gasteiger charge is 2.35. The molecule has 0 atom stereocenters. The molecular formula is C8H7F3O2S. The monoisotopic (exact) mass is 224 g/mol. The van der Waals surface area contributed by atoms with Gasteiger partial charge in [-0.2, -0.15) is 13.2 Å². The number of halogens is 3. The van der Waals surface area contributed by atoms with Crippen molar-refractivity contribution in [3.05, 3.63) is 27.6 Å². The first-order chi connectivity index (χ1) is 6.36. The van der Waals surface area contributed by atoms with E-state index in [-0.39, 0.29) is 10.7 Å². The number of thioether (sulfide) groups is 1. The first-order valence-electron chi connectivity index (χ1n) is 3.62. The number of rotatable bonds is 1. The molecule has 0 saturated carbocycles. The van der Waals surface area contributed by atoms with E-state index in [4.69, 9.17) is 0 Å². The average Bonchev–Trinajstić information content (AvgIpc) is 2.07. The minimum absolute atomic E-state index is 0.00447. The summed E-state index contributed by atoms with van der Waals surface area (Å²) in [5.74, 6) is -1.25. The van der Waals surface area contributed by atoms with Crippen molar-refractivity contribution in [1.82, 2.24) is 0 Å². The van der Waals surface area contributed by atoms with Crippen LogP contribution in [0, 0.1) is 6.92 Å². The van der Waals surface area contributed by atoms with Crippen molar-refractivity contribution in [1.29, 1.82) is 0 Å². The van der Waals surface area contributed by atoms with Crippen molar-refractivity contribution in [2.24, 2.45) is 0 Å². The van der Waals surface area contributed by atoms with Crippen molar-refractivity contribution in [3.63, 3.8) is 0 Å². The third-order valence-electron chi connectivity index (χ3n) is 1.61. The van der Waals surface area contributed by atoms with E-state index >= 15 is 0 Å². The quantitative estimate of drug-likeness (QED) is 0.687. The van der Waals surface area contributed by atoms with E-state index in [0.29, 0.717) is 6.07 Å². The first-order valence-corrected chi connectivity index (χ1v) is 4.84. The number of hydrogen-bond acceptors (Lipinski definition) is 3. The zero-order valence-corrected chi connectivity index (χ0v) is 8.25. The standard InChI is InChI=1S/C8H7F3O2S/c1-4-5(12)3-6(8(9,10)11)13-7(4)14-2/h3H,1-2H3. The van der Waals surface area contributed by atoms with Gasteiger partial charge >= 0.3 is 6.18 Å². The topological polar surface area (TPSA) is 30.2 Å². The summed E-state index contributed by atoms with van der Waals surface area (Å²) in [6.07, 6.45) is -3.07. The Balaban J connectivity index is 3.38. The van der Waals surface area contributed by atoms with Gasteiger partial charge in [0.1, 0.15) is 0 Å². The summed E-state index contributed by atoms with van der Waals surface area (Å²) in [7, 11) is 0. The van der Waals surface area contributed by atoms with Crippen molar-refractivity contribution in [2.75, 3.05) is 6.26 Å². The predicted molar refractivity (Wildman–Crippen MR) is 46.5 cm³/mol. The summed E-state index contributed by atoms with van der Waals surface area (Å²) in [6, 6.07) is 0.467. The Hall–Kier alpha value is -0.910. The molecule has 14 heavy (non-hydrogen) atoms. The third-order valence-corrected chi connectivity index (χ3v) is 2.37. The van der Waals surface area contributed by atoms with Gasteiger partial charge in [0.25, 0.3) is 0 Å². The molecule has 0 spiro atoms. The lowest BCUT2D eigenvalue weighted by Gasteiger charge is -2.07. The Morgan fingerprint density at radius 2 is 2.00 bits per heavy atom. The van der Waals surface area contributed by atoms with Crippen molar-refractivity contribution < 1.29 is 17.6 Å². The van der Waals surface area contributed by atoms with E-state index in [0.717, 1.165) is 11.8 Å². The Labute approximate surface area is 82.1 Å². The fraction of sp³-hybridized carbons (Fsp3) is 0.375. The van der Waals surface area contributed by atoms with Crippen LogP contribution in [0.5, 0.6) is 0 Å². The van der Waals surface area contributed by atoms with Crippen LogP contribution in [0.25, 0.3) is 0 Å². The minimum atomic E-state index is -4.61. The van der Waals surface area contributed by atoms with Gasteiger partial charge < -0.3 is 4.42 Å². The van der Waals surface area contributed by atoms with Gasteiger partial charge in [0.15, 0.2) is 10.5 Å². The molecule has 0 bridgehead atoms. The maximum Gasteiger partial charge on any atom is 0.449 e. The molecule has 0 saturated heterocycles. The smallest absolute Gasteiger partial charge is 0.445 e. The molecular weight excluding hydrogens is 217 g/mol. The van der Waals surface area contributed by atoms with Gasteiger partial charge in [-0.05, 0) is 13.2 Å². The molecule has 1 rings (SSSR count). The Bertz CT molecular complexity index is 395. The molecule has 0 fully saturated rings. The van der Waals surface area contributed by atoms with Gasteiger partial charge in [0, 0.05) is 11.6 Å². The largest absolute Gasteiger partial charge is 0.449 e. The van der Waals surface area contributed by atoms with Crippen molar-refractivity contribution in [2.45, 2.75) is 18.2 Å².